The van der Waals surface area contributed by atoms with E-state index in [4.69, 9.17) is 21.8 Å². The molecule has 0 saturated carbocycles. The van der Waals surface area contributed by atoms with Gasteiger partial charge in [-0.25, -0.2) is 4.79 Å². The molecule has 1 atom stereocenters. The third-order valence-electron chi connectivity index (χ3n) is 2.80. The lowest BCUT2D eigenvalue weighted by atomic mass is 10.0. The van der Waals surface area contributed by atoms with Crippen LogP contribution in [0.2, 0.25) is 5.02 Å². The van der Waals surface area contributed by atoms with Gasteiger partial charge < -0.3 is 15.5 Å². The maximum Gasteiger partial charge on any atom is 0.337 e. The highest BCUT2D eigenvalue weighted by Crippen LogP contribution is 2.24. The van der Waals surface area contributed by atoms with Crippen molar-refractivity contribution in [3.8, 4) is 0 Å². The van der Waals surface area contributed by atoms with Crippen LogP contribution >= 0.6 is 11.6 Å². The van der Waals surface area contributed by atoms with Crippen LogP contribution in [-0.2, 0) is 0 Å². The highest BCUT2D eigenvalue weighted by Gasteiger charge is 2.17. The van der Waals surface area contributed by atoms with E-state index >= 15 is 0 Å². The largest absolute Gasteiger partial charge is 0.478 e. The van der Waals surface area contributed by atoms with Crippen molar-refractivity contribution in [2.24, 2.45) is 5.92 Å². The zero-order valence-corrected chi connectivity index (χ0v) is 11.2. The Morgan fingerprint density at radius 2 is 2.11 bits per heavy atom. The lowest BCUT2D eigenvalue weighted by Crippen LogP contribution is -2.27. The Morgan fingerprint density at radius 1 is 1.44 bits per heavy atom. The third kappa shape index (κ3) is 3.89. The Bertz CT molecular complexity index is 421. The van der Waals surface area contributed by atoms with Crippen molar-refractivity contribution >= 4 is 23.3 Å². The van der Waals surface area contributed by atoms with Gasteiger partial charge >= 0.3 is 5.97 Å². The maximum absolute atomic E-state index is 11.1. The molecule has 0 aliphatic carbocycles. The van der Waals surface area contributed by atoms with E-state index < -0.39 is 5.97 Å². The van der Waals surface area contributed by atoms with E-state index in [0.29, 0.717) is 17.1 Å². The number of carbonyl (C=O) groups is 1. The zero-order chi connectivity index (χ0) is 13.7. The van der Waals surface area contributed by atoms with E-state index in [1.807, 2.05) is 13.8 Å². The molecule has 1 unspecified atom stereocenters. The number of carboxylic acid groups (broad SMARTS) is 1. The molecule has 100 valence electrons. The third-order valence-corrected chi connectivity index (χ3v) is 3.03. The molecule has 5 heteroatoms. The van der Waals surface area contributed by atoms with Crippen LogP contribution in [0, 0.1) is 5.92 Å². The van der Waals surface area contributed by atoms with Crippen LogP contribution in [0.1, 0.15) is 30.6 Å². The van der Waals surface area contributed by atoms with Crippen LogP contribution in [0.25, 0.3) is 0 Å². The summed E-state index contributed by atoms with van der Waals surface area (Å²) in [5.74, 6) is -0.724. The Hall–Kier alpha value is -1.26. The number of aliphatic hydroxyl groups is 1. The van der Waals surface area contributed by atoms with Crippen molar-refractivity contribution in [3.05, 3.63) is 28.8 Å². The van der Waals surface area contributed by atoms with E-state index in [0.717, 1.165) is 0 Å². The molecule has 0 aromatic heterocycles. The van der Waals surface area contributed by atoms with Crippen molar-refractivity contribution in [2.75, 3.05) is 11.9 Å². The molecule has 0 aliphatic heterocycles. The minimum absolute atomic E-state index is 0.00608. The van der Waals surface area contributed by atoms with Crippen LogP contribution in [0.5, 0.6) is 0 Å². The van der Waals surface area contributed by atoms with E-state index in [-0.39, 0.29) is 24.1 Å². The molecule has 1 rings (SSSR count). The van der Waals surface area contributed by atoms with Crippen molar-refractivity contribution in [1.82, 2.24) is 0 Å². The van der Waals surface area contributed by atoms with Gasteiger partial charge in [-0.15, -0.1) is 0 Å². The van der Waals surface area contributed by atoms with E-state index in [1.54, 1.807) is 12.1 Å². The van der Waals surface area contributed by atoms with Gasteiger partial charge in [-0.3, -0.25) is 0 Å². The van der Waals surface area contributed by atoms with Crippen molar-refractivity contribution in [1.29, 1.82) is 0 Å². The number of nitrogens with one attached hydrogen (secondary N) is 1. The molecule has 1 aromatic rings. The lowest BCUT2D eigenvalue weighted by molar-refractivity contribution is 0.0698. The number of anilines is 1. The molecule has 4 nitrogen and oxygen atoms in total. The van der Waals surface area contributed by atoms with Gasteiger partial charge in [0.05, 0.1) is 11.3 Å². The SMILES string of the molecule is CC(C)C(CCO)Nc1cc(Cl)ccc1C(=O)O. The van der Waals surface area contributed by atoms with Gasteiger partial charge in [0.15, 0.2) is 0 Å². The number of halogens is 1. The number of rotatable bonds is 6. The summed E-state index contributed by atoms with van der Waals surface area (Å²) in [5, 5.41) is 21.7. The number of hydrogen-bond acceptors (Lipinski definition) is 3. The molecule has 0 heterocycles. The second kappa shape index (κ2) is 6.61. The Balaban J connectivity index is 3.00. The average Bonchev–Trinajstić information content (AvgIpc) is 2.28. The van der Waals surface area contributed by atoms with Gasteiger partial charge in [0.25, 0.3) is 0 Å². The summed E-state index contributed by atoms with van der Waals surface area (Å²) in [4.78, 5) is 11.1. The number of benzene rings is 1. The summed E-state index contributed by atoms with van der Waals surface area (Å²) in [6.07, 6.45) is 0.559. The zero-order valence-electron chi connectivity index (χ0n) is 10.5. The van der Waals surface area contributed by atoms with Crippen molar-refractivity contribution in [3.63, 3.8) is 0 Å². The summed E-state index contributed by atoms with van der Waals surface area (Å²) >= 11 is 5.88. The number of aromatic carboxylic acids is 1. The first-order valence-electron chi connectivity index (χ1n) is 5.86. The molecule has 0 aliphatic rings. The Kier molecular flexibility index (Phi) is 5.44. The van der Waals surface area contributed by atoms with Gasteiger partial charge in [0, 0.05) is 17.7 Å². The van der Waals surface area contributed by atoms with Crippen LogP contribution in [0.3, 0.4) is 0 Å². The topological polar surface area (TPSA) is 69.6 Å². The van der Waals surface area contributed by atoms with Crippen LogP contribution in [-0.4, -0.2) is 28.8 Å². The molecule has 18 heavy (non-hydrogen) atoms. The number of aliphatic hydroxyl groups excluding tert-OH is 1. The Labute approximate surface area is 112 Å². The summed E-state index contributed by atoms with van der Waals surface area (Å²) in [7, 11) is 0. The fourth-order valence-electron chi connectivity index (χ4n) is 1.73. The van der Waals surface area contributed by atoms with Gasteiger partial charge in [0.2, 0.25) is 0 Å². The second-order valence-corrected chi connectivity index (χ2v) is 4.94. The smallest absolute Gasteiger partial charge is 0.337 e. The van der Waals surface area contributed by atoms with Crippen LogP contribution < -0.4 is 5.32 Å². The Morgan fingerprint density at radius 3 is 2.61 bits per heavy atom. The molecule has 1 aromatic carbocycles. The molecule has 0 spiro atoms. The lowest BCUT2D eigenvalue weighted by Gasteiger charge is -2.23. The molecular weight excluding hydrogens is 254 g/mol. The van der Waals surface area contributed by atoms with Gasteiger partial charge in [-0.05, 0) is 30.5 Å². The summed E-state index contributed by atoms with van der Waals surface area (Å²) in [6.45, 7) is 4.08. The number of hydrogen-bond donors (Lipinski definition) is 3. The molecular formula is C13H18ClNO3. The van der Waals surface area contributed by atoms with Crippen molar-refractivity contribution in [2.45, 2.75) is 26.3 Å². The van der Waals surface area contributed by atoms with E-state index in [9.17, 15) is 4.79 Å². The highest BCUT2D eigenvalue weighted by molar-refractivity contribution is 6.31. The van der Waals surface area contributed by atoms with E-state index in [2.05, 4.69) is 5.32 Å². The standard InChI is InChI=1S/C13H18ClNO3/c1-8(2)11(5-6-16)15-12-7-9(14)3-4-10(12)13(17)18/h3-4,7-8,11,15-16H,5-6H2,1-2H3,(H,17,18). The molecule has 0 radical (unpaired) electrons. The summed E-state index contributed by atoms with van der Waals surface area (Å²) in [6, 6.07) is 4.62. The first-order chi connectivity index (χ1) is 8.45. The second-order valence-electron chi connectivity index (χ2n) is 4.50. The molecule has 0 bridgehead atoms. The van der Waals surface area contributed by atoms with Crippen LogP contribution in [0.15, 0.2) is 18.2 Å². The highest BCUT2D eigenvalue weighted by atomic mass is 35.5. The molecule has 3 N–H and O–H groups in total. The summed E-state index contributed by atoms with van der Waals surface area (Å²) < 4.78 is 0. The van der Waals surface area contributed by atoms with Gasteiger partial charge in [0.1, 0.15) is 0 Å². The predicted molar refractivity (Wildman–Crippen MR) is 72.4 cm³/mol. The van der Waals surface area contributed by atoms with Gasteiger partial charge in [-0.1, -0.05) is 25.4 Å². The maximum atomic E-state index is 11.1. The minimum atomic E-state index is -0.999. The van der Waals surface area contributed by atoms with Crippen LogP contribution in [0.4, 0.5) is 5.69 Å². The first kappa shape index (κ1) is 14.8. The fraction of sp³-hybridized carbons (Fsp3) is 0.462. The van der Waals surface area contributed by atoms with Gasteiger partial charge in [-0.2, -0.15) is 0 Å². The fourth-order valence-corrected chi connectivity index (χ4v) is 1.91. The molecule has 0 saturated heterocycles. The quantitative estimate of drug-likeness (QED) is 0.744. The van der Waals surface area contributed by atoms with Crippen molar-refractivity contribution < 1.29 is 15.0 Å². The van der Waals surface area contributed by atoms with E-state index in [1.165, 1.54) is 6.07 Å². The molecule has 0 amide bonds. The first-order valence-corrected chi connectivity index (χ1v) is 6.23. The normalized spacial score (nSPS) is 12.5. The average molecular weight is 272 g/mol. The predicted octanol–water partition coefficient (Wildman–Crippen LogP) is 2.86. The monoisotopic (exact) mass is 271 g/mol. The minimum Gasteiger partial charge on any atom is -0.478 e. The summed E-state index contributed by atoms with van der Waals surface area (Å²) in [5.41, 5.74) is 0.671. The number of carboxylic acids is 1. The molecule has 0 fully saturated rings.